The third-order valence-corrected chi connectivity index (χ3v) is 4.96. The highest BCUT2D eigenvalue weighted by molar-refractivity contribution is 5.78. The zero-order valence-corrected chi connectivity index (χ0v) is 12.8. The Labute approximate surface area is 122 Å². The molecule has 0 aromatic rings. The van der Waals surface area contributed by atoms with E-state index in [1.165, 1.54) is 25.7 Å². The molecule has 2 N–H and O–H groups in total. The molecule has 0 bridgehead atoms. The van der Waals surface area contributed by atoms with Gasteiger partial charge in [-0.05, 0) is 19.9 Å². The van der Waals surface area contributed by atoms with Gasteiger partial charge in [-0.2, -0.15) is 0 Å². The molecule has 0 aromatic heterocycles. The van der Waals surface area contributed by atoms with Crippen molar-refractivity contribution in [2.75, 3.05) is 46.4 Å². The third-order valence-electron chi connectivity index (χ3n) is 4.96. The van der Waals surface area contributed by atoms with E-state index in [0.29, 0.717) is 26.3 Å². The fourth-order valence-corrected chi connectivity index (χ4v) is 3.41. The number of ether oxygens (including phenoxy) is 1. The first-order valence-corrected chi connectivity index (χ1v) is 7.95. The van der Waals surface area contributed by atoms with Crippen molar-refractivity contribution >= 4 is 5.91 Å². The molecule has 0 aromatic carbocycles. The molecule has 2 rings (SSSR count). The Bertz CT molecular complexity index is 308. The number of likely N-dealkylation sites (N-methyl/N-ethyl adjacent to an activating group) is 1. The van der Waals surface area contributed by atoms with E-state index in [1.807, 2.05) is 4.90 Å². The van der Waals surface area contributed by atoms with Gasteiger partial charge in [-0.25, -0.2) is 0 Å². The van der Waals surface area contributed by atoms with Gasteiger partial charge in [-0.15, -0.1) is 0 Å². The number of carbonyl (C=O) groups is 1. The van der Waals surface area contributed by atoms with E-state index in [-0.39, 0.29) is 11.4 Å². The summed E-state index contributed by atoms with van der Waals surface area (Å²) in [6, 6.07) is 0. The Morgan fingerprint density at radius 2 is 1.80 bits per heavy atom. The van der Waals surface area contributed by atoms with Crippen molar-refractivity contribution in [3.8, 4) is 0 Å². The number of carbonyl (C=O) groups excluding carboxylic acids is 1. The average molecular weight is 283 g/mol. The SMILES string of the molecule is CN(CC(=O)N1CCOCC1)C1(CN)CCCCCC1. The summed E-state index contributed by atoms with van der Waals surface area (Å²) in [4.78, 5) is 16.5. The van der Waals surface area contributed by atoms with E-state index in [9.17, 15) is 4.79 Å². The highest BCUT2D eigenvalue weighted by Gasteiger charge is 2.35. The number of morpholine rings is 1. The van der Waals surface area contributed by atoms with Gasteiger partial charge in [0.2, 0.25) is 5.91 Å². The largest absolute Gasteiger partial charge is 0.378 e. The molecule has 1 aliphatic carbocycles. The van der Waals surface area contributed by atoms with E-state index < -0.39 is 0 Å². The summed E-state index contributed by atoms with van der Waals surface area (Å²) in [6.45, 7) is 3.91. The Morgan fingerprint density at radius 1 is 1.20 bits per heavy atom. The van der Waals surface area contributed by atoms with Crippen LogP contribution in [0.2, 0.25) is 0 Å². The van der Waals surface area contributed by atoms with Gasteiger partial charge in [0.1, 0.15) is 0 Å². The molecule has 1 saturated heterocycles. The van der Waals surface area contributed by atoms with Crippen LogP contribution in [0.15, 0.2) is 0 Å². The fourth-order valence-electron chi connectivity index (χ4n) is 3.41. The Balaban J connectivity index is 1.93. The maximum Gasteiger partial charge on any atom is 0.236 e. The van der Waals surface area contributed by atoms with E-state index >= 15 is 0 Å². The molecular formula is C15H29N3O2. The van der Waals surface area contributed by atoms with Crippen LogP contribution in [0.4, 0.5) is 0 Å². The predicted octanol–water partition coefficient (Wildman–Crippen LogP) is 0.829. The van der Waals surface area contributed by atoms with Gasteiger partial charge < -0.3 is 15.4 Å². The van der Waals surface area contributed by atoms with Gasteiger partial charge in [0.05, 0.1) is 19.8 Å². The monoisotopic (exact) mass is 283 g/mol. The first-order chi connectivity index (χ1) is 9.68. The smallest absolute Gasteiger partial charge is 0.236 e. The summed E-state index contributed by atoms with van der Waals surface area (Å²) in [5.41, 5.74) is 6.10. The van der Waals surface area contributed by atoms with Crippen LogP contribution in [0, 0.1) is 0 Å². The number of rotatable bonds is 4. The summed E-state index contributed by atoms with van der Waals surface area (Å²) in [5.74, 6) is 0.216. The molecule has 0 unspecified atom stereocenters. The quantitative estimate of drug-likeness (QED) is 0.776. The second-order valence-electron chi connectivity index (χ2n) is 6.19. The molecule has 0 radical (unpaired) electrons. The van der Waals surface area contributed by atoms with Gasteiger partial charge in [0, 0.05) is 25.2 Å². The van der Waals surface area contributed by atoms with Gasteiger partial charge in [-0.1, -0.05) is 25.7 Å². The zero-order chi connectivity index (χ0) is 14.4. The number of nitrogens with zero attached hydrogens (tertiary/aromatic N) is 2. The third kappa shape index (κ3) is 3.71. The number of hydrogen-bond acceptors (Lipinski definition) is 4. The Kier molecular flexibility index (Phi) is 5.81. The molecule has 1 amide bonds. The van der Waals surface area contributed by atoms with Crippen molar-refractivity contribution in [3.63, 3.8) is 0 Å². The van der Waals surface area contributed by atoms with Gasteiger partial charge in [0.25, 0.3) is 0 Å². The maximum atomic E-state index is 12.4. The molecule has 5 heteroatoms. The van der Waals surface area contributed by atoms with Crippen molar-refractivity contribution in [1.29, 1.82) is 0 Å². The molecule has 0 spiro atoms. The van der Waals surface area contributed by atoms with Crippen molar-refractivity contribution in [1.82, 2.24) is 9.80 Å². The summed E-state index contributed by atoms with van der Waals surface area (Å²) in [5, 5.41) is 0. The van der Waals surface area contributed by atoms with E-state index in [2.05, 4.69) is 11.9 Å². The summed E-state index contributed by atoms with van der Waals surface area (Å²) in [7, 11) is 2.07. The standard InChI is InChI=1S/C15H29N3O2/c1-17(12-14(19)18-8-10-20-11-9-18)15(13-16)6-4-2-3-5-7-15/h2-13,16H2,1H3. The lowest BCUT2D eigenvalue weighted by Gasteiger charge is -2.41. The first kappa shape index (κ1) is 15.7. The van der Waals surface area contributed by atoms with Crippen LogP contribution >= 0.6 is 0 Å². The van der Waals surface area contributed by atoms with Crippen molar-refractivity contribution in [2.24, 2.45) is 5.73 Å². The van der Waals surface area contributed by atoms with Crippen LogP contribution in [0.5, 0.6) is 0 Å². The number of hydrogen-bond donors (Lipinski definition) is 1. The molecule has 20 heavy (non-hydrogen) atoms. The molecule has 2 aliphatic rings. The van der Waals surface area contributed by atoms with Crippen LogP contribution in [-0.4, -0.2) is 67.7 Å². The topological polar surface area (TPSA) is 58.8 Å². The van der Waals surface area contributed by atoms with E-state index in [1.54, 1.807) is 0 Å². The first-order valence-electron chi connectivity index (χ1n) is 7.95. The van der Waals surface area contributed by atoms with Crippen molar-refractivity contribution < 1.29 is 9.53 Å². The minimum absolute atomic E-state index is 0.0262. The highest BCUT2D eigenvalue weighted by atomic mass is 16.5. The fraction of sp³-hybridized carbons (Fsp3) is 0.933. The van der Waals surface area contributed by atoms with Crippen LogP contribution in [-0.2, 0) is 9.53 Å². The Morgan fingerprint density at radius 3 is 2.35 bits per heavy atom. The molecule has 2 fully saturated rings. The van der Waals surface area contributed by atoms with Crippen LogP contribution in [0.3, 0.4) is 0 Å². The molecule has 1 heterocycles. The van der Waals surface area contributed by atoms with Crippen LogP contribution < -0.4 is 5.73 Å². The van der Waals surface area contributed by atoms with Crippen molar-refractivity contribution in [2.45, 2.75) is 44.1 Å². The summed E-state index contributed by atoms with van der Waals surface area (Å²) in [6.07, 6.45) is 7.30. The van der Waals surface area contributed by atoms with Crippen molar-refractivity contribution in [3.05, 3.63) is 0 Å². The molecular weight excluding hydrogens is 254 g/mol. The zero-order valence-electron chi connectivity index (χ0n) is 12.8. The maximum absolute atomic E-state index is 12.4. The molecule has 5 nitrogen and oxygen atoms in total. The molecule has 0 atom stereocenters. The average Bonchev–Trinajstić information content (AvgIpc) is 2.74. The molecule has 116 valence electrons. The Hall–Kier alpha value is -0.650. The minimum Gasteiger partial charge on any atom is -0.378 e. The lowest BCUT2D eigenvalue weighted by atomic mass is 9.88. The highest BCUT2D eigenvalue weighted by Crippen LogP contribution is 2.30. The number of amides is 1. The van der Waals surface area contributed by atoms with Gasteiger partial charge in [-0.3, -0.25) is 9.69 Å². The second-order valence-corrected chi connectivity index (χ2v) is 6.19. The number of nitrogens with two attached hydrogens (primary N) is 1. The lowest BCUT2D eigenvalue weighted by Crippen LogP contribution is -2.55. The summed E-state index contributed by atoms with van der Waals surface area (Å²) >= 11 is 0. The minimum atomic E-state index is 0.0262. The van der Waals surface area contributed by atoms with E-state index in [0.717, 1.165) is 25.9 Å². The van der Waals surface area contributed by atoms with Crippen LogP contribution in [0.1, 0.15) is 38.5 Å². The molecule has 1 saturated carbocycles. The van der Waals surface area contributed by atoms with Crippen LogP contribution in [0.25, 0.3) is 0 Å². The van der Waals surface area contributed by atoms with E-state index in [4.69, 9.17) is 10.5 Å². The lowest BCUT2D eigenvalue weighted by molar-refractivity contribution is -0.137. The normalized spacial score (nSPS) is 23.6. The molecule has 1 aliphatic heterocycles. The second kappa shape index (κ2) is 7.38. The van der Waals surface area contributed by atoms with Gasteiger partial charge in [0.15, 0.2) is 0 Å². The predicted molar refractivity (Wildman–Crippen MR) is 79.5 cm³/mol. The van der Waals surface area contributed by atoms with Gasteiger partial charge >= 0.3 is 0 Å². The summed E-state index contributed by atoms with van der Waals surface area (Å²) < 4.78 is 5.30.